The van der Waals surface area contributed by atoms with Crippen molar-refractivity contribution in [2.24, 2.45) is 0 Å². The van der Waals surface area contributed by atoms with Gasteiger partial charge in [0, 0.05) is 6.20 Å². The van der Waals surface area contributed by atoms with E-state index in [9.17, 15) is 18.0 Å². The number of hydrogen-bond acceptors (Lipinski definition) is 3. The lowest BCUT2D eigenvalue weighted by Crippen LogP contribution is -2.19. The van der Waals surface area contributed by atoms with Gasteiger partial charge in [0.05, 0.1) is 5.56 Å². The van der Waals surface area contributed by atoms with E-state index < -0.39 is 24.6 Å². The zero-order valence-electron chi connectivity index (χ0n) is 7.58. The number of hydrogen-bond donors (Lipinski definition) is 1. The molecular formula is C8H5ClF3NO3. The van der Waals surface area contributed by atoms with Crippen molar-refractivity contribution in [3.8, 4) is 5.88 Å². The van der Waals surface area contributed by atoms with E-state index in [1.54, 1.807) is 0 Å². The standard InChI is InChI=1S/C8H5ClF3NO3/c9-5-1-4(7(14)15)2-13-6(5)16-3-8(10,11)12/h1-2H,3H2,(H,14,15). The Balaban J connectivity index is 2.80. The fourth-order valence-electron chi connectivity index (χ4n) is 0.799. The number of carbonyl (C=O) groups is 1. The topological polar surface area (TPSA) is 59.4 Å². The van der Waals surface area contributed by atoms with E-state index >= 15 is 0 Å². The second-order valence-corrected chi connectivity index (χ2v) is 3.13. The van der Waals surface area contributed by atoms with Crippen molar-refractivity contribution >= 4 is 17.6 Å². The van der Waals surface area contributed by atoms with Gasteiger partial charge in [0.15, 0.2) is 6.61 Å². The van der Waals surface area contributed by atoms with Crippen molar-refractivity contribution in [3.05, 3.63) is 22.8 Å². The monoisotopic (exact) mass is 255 g/mol. The van der Waals surface area contributed by atoms with E-state index in [0.717, 1.165) is 12.3 Å². The second kappa shape index (κ2) is 4.56. The first-order valence-electron chi connectivity index (χ1n) is 3.88. The third kappa shape index (κ3) is 3.58. The maximum atomic E-state index is 11.8. The molecule has 1 aromatic rings. The molecule has 0 aliphatic rings. The molecular weight excluding hydrogens is 251 g/mol. The Kier molecular flexibility index (Phi) is 3.58. The highest BCUT2D eigenvalue weighted by Crippen LogP contribution is 2.24. The van der Waals surface area contributed by atoms with Crippen LogP contribution in [0.2, 0.25) is 5.02 Å². The molecule has 0 amide bonds. The van der Waals surface area contributed by atoms with Crippen molar-refractivity contribution in [1.29, 1.82) is 0 Å². The van der Waals surface area contributed by atoms with Crippen molar-refractivity contribution in [1.82, 2.24) is 4.98 Å². The largest absolute Gasteiger partial charge is 0.478 e. The number of aromatic carboxylic acids is 1. The third-order valence-electron chi connectivity index (χ3n) is 1.43. The predicted molar refractivity (Wildman–Crippen MR) is 47.8 cm³/mol. The van der Waals surface area contributed by atoms with E-state index in [0.29, 0.717) is 0 Å². The minimum atomic E-state index is -4.50. The lowest BCUT2D eigenvalue weighted by atomic mass is 10.3. The van der Waals surface area contributed by atoms with Crippen molar-refractivity contribution in [2.45, 2.75) is 6.18 Å². The molecule has 1 rings (SSSR count). The summed E-state index contributed by atoms with van der Waals surface area (Å²) in [5.41, 5.74) is -0.232. The van der Waals surface area contributed by atoms with Crippen LogP contribution in [0.5, 0.6) is 5.88 Å². The summed E-state index contributed by atoms with van der Waals surface area (Å²) >= 11 is 5.48. The van der Waals surface area contributed by atoms with Crippen LogP contribution in [0.4, 0.5) is 13.2 Å². The maximum Gasteiger partial charge on any atom is 0.422 e. The summed E-state index contributed by atoms with van der Waals surface area (Å²) in [7, 11) is 0. The minimum absolute atomic E-state index is 0.232. The lowest BCUT2D eigenvalue weighted by Gasteiger charge is -2.09. The van der Waals surface area contributed by atoms with Gasteiger partial charge in [-0.25, -0.2) is 9.78 Å². The summed E-state index contributed by atoms with van der Waals surface area (Å²) in [5, 5.41) is 8.25. The Bertz CT molecular complexity index is 408. The van der Waals surface area contributed by atoms with Gasteiger partial charge >= 0.3 is 12.1 Å². The first-order valence-corrected chi connectivity index (χ1v) is 4.26. The van der Waals surface area contributed by atoms with Gasteiger partial charge in [-0.2, -0.15) is 13.2 Å². The van der Waals surface area contributed by atoms with Gasteiger partial charge in [0.1, 0.15) is 5.02 Å². The third-order valence-corrected chi connectivity index (χ3v) is 1.70. The van der Waals surface area contributed by atoms with Crippen LogP contribution < -0.4 is 4.74 Å². The second-order valence-electron chi connectivity index (χ2n) is 2.72. The number of rotatable bonds is 3. The molecule has 0 aliphatic heterocycles. The van der Waals surface area contributed by atoms with Crippen LogP contribution in [0, 0.1) is 0 Å². The molecule has 0 fully saturated rings. The fraction of sp³-hybridized carbons (Fsp3) is 0.250. The SMILES string of the molecule is O=C(O)c1cnc(OCC(F)(F)F)c(Cl)c1. The Morgan fingerprint density at radius 3 is 2.62 bits per heavy atom. The van der Waals surface area contributed by atoms with Gasteiger partial charge in [-0.05, 0) is 6.07 Å². The predicted octanol–water partition coefficient (Wildman–Crippen LogP) is 2.37. The van der Waals surface area contributed by atoms with E-state index in [1.807, 2.05) is 0 Å². The Morgan fingerprint density at radius 2 is 2.19 bits per heavy atom. The highest BCUT2D eigenvalue weighted by molar-refractivity contribution is 6.32. The van der Waals surface area contributed by atoms with Crippen molar-refractivity contribution < 1.29 is 27.8 Å². The number of carboxylic acids is 1. The molecule has 0 atom stereocenters. The molecule has 88 valence electrons. The summed E-state index contributed by atoms with van der Waals surface area (Å²) in [4.78, 5) is 13.8. The number of carboxylic acid groups (broad SMARTS) is 1. The molecule has 1 aromatic heterocycles. The molecule has 4 nitrogen and oxygen atoms in total. The summed E-state index contributed by atoms with van der Waals surface area (Å²) < 4.78 is 39.6. The highest BCUT2D eigenvalue weighted by Gasteiger charge is 2.29. The summed E-state index contributed by atoms with van der Waals surface area (Å²) in [6, 6.07) is 0.961. The van der Waals surface area contributed by atoms with Crippen LogP contribution in [-0.4, -0.2) is 28.8 Å². The molecule has 1 N–H and O–H groups in total. The molecule has 0 radical (unpaired) electrons. The van der Waals surface area contributed by atoms with Gasteiger partial charge < -0.3 is 9.84 Å². The Labute approximate surface area is 92.6 Å². The summed E-state index contributed by atoms with van der Waals surface area (Å²) in [6.07, 6.45) is -3.64. The molecule has 0 bridgehead atoms. The molecule has 8 heteroatoms. The maximum absolute atomic E-state index is 11.8. The van der Waals surface area contributed by atoms with Crippen LogP contribution in [0.1, 0.15) is 10.4 Å². The zero-order chi connectivity index (χ0) is 12.3. The summed E-state index contributed by atoms with van der Waals surface area (Å²) in [5.74, 6) is -1.74. The Hall–Kier alpha value is -1.50. The number of ether oxygens (including phenoxy) is 1. The van der Waals surface area contributed by atoms with Crippen LogP contribution in [0.3, 0.4) is 0 Å². The van der Waals surface area contributed by atoms with E-state index in [-0.39, 0.29) is 10.6 Å². The van der Waals surface area contributed by atoms with Crippen LogP contribution >= 0.6 is 11.6 Å². The van der Waals surface area contributed by atoms with Crippen molar-refractivity contribution in [2.75, 3.05) is 6.61 Å². The van der Waals surface area contributed by atoms with E-state index in [2.05, 4.69) is 9.72 Å². The number of halogens is 4. The molecule has 0 saturated carbocycles. The first-order chi connectivity index (χ1) is 7.29. The number of pyridine rings is 1. The van der Waals surface area contributed by atoms with Crippen molar-refractivity contribution in [3.63, 3.8) is 0 Å². The molecule has 0 unspecified atom stereocenters. The molecule has 0 spiro atoms. The number of alkyl halides is 3. The average Bonchev–Trinajstić information content (AvgIpc) is 2.14. The number of nitrogens with zero attached hydrogens (tertiary/aromatic N) is 1. The van der Waals surface area contributed by atoms with Gasteiger partial charge in [0.2, 0.25) is 5.88 Å². The lowest BCUT2D eigenvalue weighted by molar-refractivity contribution is -0.154. The van der Waals surface area contributed by atoms with Crippen LogP contribution in [0.15, 0.2) is 12.3 Å². The number of aromatic nitrogens is 1. The smallest absolute Gasteiger partial charge is 0.422 e. The quantitative estimate of drug-likeness (QED) is 0.901. The highest BCUT2D eigenvalue weighted by atomic mass is 35.5. The van der Waals surface area contributed by atoms with Gasteiger partial charge in [0.25, 0.3) is 0 Å². The van der Waals surface area contributed by atoms with Gasteiger partial charge in [-0.15, -0.1) is 0 Å². The first kappa shape index (κ1) is 12.6. The zero-order valence-corrected chi connectivity index (χ0v) is 8.34. The summed E-state index contributed by atoms with van der Waals surface area (Å²) in [6.45, 7) is -1.54. The Morgan fingerprint density at radius 1 is 1.56 bits per heavy atom. The molecule has 0 saturated heterocycles. The minimum Gasteiger partial charge on any atom is -0.478 e. The fourth-order valence-corrected chi connectivity index (χ4v) is 1.02. The molecule has 0 aromatic carbocycles. The molecule has 1 heterocycles. The molecule has 0 aliphatic carbocycles. The van der Waals surface area contributed by atoms with Gasteiger partial charge in [-0.1, -0.05) is 11.6 Å². The normalized spacial score (nSPS) is 11.2. The molecule has 16 heavy (non-hydrogen) atoms. The van der Waals surface area contributed by atoms with E-state index in [4.69, 9.17) is 16.7 Å². The van der Waals surface area contributed by atoms with Crippen LogP contribution in [-0.2, 0) is 0 Å². The average molecular weight is 256 g/mol. The van der Waals surface area contributed by atoms with Gasteiger partial charge in [-0.3, -0.25) is 0 Å². The van der Waals surface area contributed by atoms with E-state index in [1.165, 1.54) is 0 Å². The van der Waals surface area contributed by atoms with Crippen LogP contribution in [0.25, 0.3) is 0 Å².